The maximum absolute atomic E-state index is 12.7. The summed E-state index contributed by atoms with van der Waals surface area (Å²) in [5, 5.41) is 2.77. The molecule has 2 aromatic rings. The fraction of sp³-hybridized carbons (Fsp3) is 0.364. The van der Waals surface area contributed by atoms with Crippen molar-refractivity contribution in [3.05, 3.63) is 54.1 Å². The van der Waals surface area contributed by atoms with Crippen LogP contribution in [0.1, 0.15) is 37.0 Å². The molecule has 0 aliphatic carbocycles. The Bertz CT molecular complexity index is 786. The van der Waals surface area contributed by atoms with Gasteiger partial charge in [-0.05, 0) is 43.2 Å². The van der Waals surface area contributed by atoms with Crippen molar-refractivity contribution in [1.82, 2.24) is 4.90 Å². The summed E-state index contributed by atoms with van der Waals surface area (Å²) in [6.45, 7) is 5.38. The van der Waals surface area contributed by atoms with E-state index < -0.39 is 0 Å². The number of methoxy groups -OCH3 is 1. The zero-order valence-corrected chi connectivity index (χ0v) is 16.7. The highest BCUT2D eigenvalue weighted by atomic mass is 16.5. The number of benzene rings is 2. The topological polar surface area (TPSA) is 67.9 Å². The predicted octanol–water partition coefficient (Wildman–Crippen LogP) is 3.97. The van der Waals surface area contributed by atoms with E-state index in [1.165, 1.54) is 0 Å². The summed E-state index contributed by atoms with van der Waals surface area (Å²) < 4.78 is 10.7. The SMILES string of the molecule is CCCN(CCC)C(=O)c1cccc(NC(=O)COc2ccccc2OC)c1. The lowest BCUT2D eigenvalue weighted by atomic mass is 10.1. The van der Waals surface area contributed by atoms with Gasteiger partial charge in [-0.2, -0.15) is 0 Å². The summed E-state index contributed by atoms with van der Waals surface area (Å²) >= 11 is 0. The smallest absolute Gasteiger partial charge is 0.262 e. The molecule has 0 unspecified atom stereocenters. The van der Waals surface area contributed by atoms with Crippen LogP contribution in [0.5, 0.6) is 11.5 Å². The molecule has 0 saturated carbocycles. The maximum Gasteiger partial charge on any atom is 0.262 e. The van der Waals surface area contributed by atoms with Crippen LogP contribution < -0.4 is 14.8 Å². The fourth-order valence-corrected chi connectivity index (χ4v) is 2.85. The van der Waals surface area contributed by atoms with E-state index in [0.29, 0.717) is 22.7 Å². The summed E-state index contributed by atoms with van der Waals surface area (Å²) in [5.41, 5.74) is 1.12. The number of carbonyl (C=O) groups excluding carboxylic acids is 2. The third-order valence-corrected chi connectivity index (χ3v) is 4.10. The Hall–Kier alpha value is -3.02. The number of anilines is 1. The first-order valence-electron chi connectivity index (χ1n) is 9.54. The summed E-state index contributed by atoms with van der Waals surface area (Å²) in [6.07, 6.45) is 1.81. The molecule has 0 aliphatic rings. The first-order chi connectivity index (χ1) is 13.6. The van der Waals surface area contributed by atoms with Crippen molar-refractivity contribution in [2.45, 2.75) is 26.7 Å². The van der Waals surface area contributed by atoms with E-state index >= 15 is 0 Å². The Labute approximate surface area is 166 Å². The number of amides is 2. The van der Waals surface area contributed by atoms with Crippen LogP contribution in [0.3, 0.4) is 0 Å². The molecule has 0 heterocycles. The van der Waals surface area contributed by atoms with Gasteiger partial charge in [0.05, 0.1) is 7.11 Å². The molecular weight excluding hydrogens is 356 g/mol. The molecule has 0 saturated heterocycles. The Morgan fingerprint density at radius 3 is 2.29 bits per heavy atom. The minimum atomic E-state index is -0.311. The number of carbonyl (C=O) groups is 2. The van der Waals surface area contributed by atoms with Crippen LogP contribution in [-0.2, 0) is 4.79 Å². The number of rotatable bonds is 10. The molecule has 0 fully saturated rings. The molecule has 2 aromatic carbocycles. The van der Waals surface area contributed by atoms with Gasteiger partial charge >= 0.3 is 0 Å². The summed E-state index contributed by atoms with van der Waals surface area (Å²) in [4.78, 5) is 26.8. The molecular formula is C22H28N2O4. The second kappa shape index (κ2) is 11.0. The molecule has 28 heavy (non-hydrogen) atoms. The summed E-state index contributed by atoms with van der Waals surface area (Å²) in [6, 6.07) is 14.1. The van der Waals surface area contributed by atoms with Crippen LogP contribution in [0.4, 0.5) is 5.69 Å². The highest BCUT2D eigenvalue weighted by Gasteiger charge is 2.15. The maximum atomic E-state index is 12.7. The average Bonchev–Trinajstić information content (AvgIpc) is 2.72. The Morgan fingerprint density at radius 2 is 1.64 bits per heavy atom. The van der Waals surface area contributed by atoms with Crippen LogP contribution in [0, 0.1) is 0 Å². The molecule has 150 valence electrons. The lowest BCUT2D eigenvalue weighted by Gasteiger charge is -2.21. The largest absolute Gasteiger partial charge is 0.493 e. The molecule has 0 aliphatic heterocycles. The van der Waals surface area contributed by atoms with Crippen LogP contribution in [0.25, 0.3) is 0 Å². The molecule has 0 aromatic heterocycles. The quantitative estimate of drug-likeness (QED) is 0.673. The molecule has 1 N–H and O–H groups in total. The normalized spacial score (nSPS) is 10.2. The first kappa shape index (κ1) is 21.3. The average molecular weight is 384 g/mol. The zero-order valence-electron chi connectivity index (χ0n) is 16.7. The van der Waals surface area contributed by atoms with Crippen molar-refractivity contribution < 1.29 is 19.1 Å². The first-order valence-corrected chi connectivity index (χ1v) is 9.54. The molecule has 0 bridgehead atoms. The van der Waals surface area contributed by atoms with E-state index in [4.69, 9.17) is 9.47 Å². The van der Waals surface area contributed by atoms with Crippen LogP contribution >= 0.6 is 0 Å². The highest BCUT2D eigenvalue weighted by Crippen LogP contribution is 2.25. The monoisotopic (exact) mass is 384 g/mol. The molecule has 0 atom stereocenters. The fourth-order valence-electron chi connectivity index (χ4n) is 2.85. The number of nitrogens with one attached hydrogen (secondary N) is 1. The third-order valence-electron chi connectivity index (χ3n) is 4.10. The lowest BCUT2D eigenvalue weighted by Crippen LogP contribution is -2.32. The van der Waals surface area contributed by atoms with Gasteiger partial charge in [0.1, 0.15) is 0 Å². The minimum absolute atomic E-state index is 0.0231. The molecule has 0 spiro atoms. The number of nitrogens with zero attached hydrogens (tertiary/aromatic N) is 1. The second-order valence-electron chi connectivity index (χ2n) is 6.36. The number of hydrogen-bond acceptors (Lipinski definition) is 4. The van der Waals surface area contributed by atoms with Crippen molar-refractivity contribution in [3.8, 4) is 11.5 Å². The van der Waals surface area contributed by atoms with Crippen molar-refractivity contribution >= 4 is 17.5 Å². The molecule has 6 heteroatoms. The lowest BCUT2D eigenvalue weighted by molar-refractivity contribution is -0.118. The zero-order chi connectivity index (χ0) is 20.4. The van der Waals surface area contributed by atoms with Gasteiger partial charge in [-0.15, -0.1) is 0 Å². The van der Waals surface area contributed by atoms with Crippen LogP contribution in [0.2, 0.25) is 0 Å². The van der Waals surface area contributed by atoms with E-state index in [-0.39, 0.29) is 18.4 Å². The number of hydrogen-bond donors (Lipinski definition) is 1. The van der Waals surface area contributed by atoms with Crippen molar-refractivity contribution in [2.24, 2.45) is 0 Å². The Balaban J connectivity index is 1.99. The predicted molar refractivity (Wildman–Crippen MR) is 110 cm³/mol. The van der Waals surface area contributed by atoms with Crippen LogP contribution in [-0.4, -0.2) is 43.5 Å². The van der Waals surface area contributed by atoms with E-state index in [0.717, 1.165) is 25.9 Å². The van der Waals surface area contributed by atoms with Gasteiger partial charge in [0.15, 0.2) is 18.1 Å². The molecule has 6 nitrogen and oxygen atoms in total. The van der Waals surface area contributed by atoms with E-state index in [9.17, 15) is 9.59 Å². The molecule has 0 radical (unpaired) electrons. The van der Waals surface area contributed by atoms with E-state index in [1.54, 1.807) is 43.5 Å². The van der Waals surface area contributed by atoms with E-state index in [2.05, 4.69) is 5.32 Å². The van der Waals surface area contributed by atoms with Crippen molar-refractivity contribution in [2.75, 3.05) is 32.1 Å². The van der Waals surface area contributed by atoms with Crippen molar-refractivity contribution in [3.63, 3.8) is 0 Å². The minimum Gasteiger partial charge on any atom is -0.493 e. The van der Waals surface area contributed by atoms with Gasteiger partial charge in [-0.25, -0.2) is 0 Å². The summed E-state index contributed by atoms with van der Waals surface area (Å²) in [5.74, 6) is 0.730. The highest BCUT2D eigenvalue weighted by molar-refractivity contribution is 5.97. The molecule has 2 amide bonds. The number of ether oxygens (including phenoxy) is 2. The Morgan fingerprint density at radius 1 is 0.964 bits per heavy atom. The Kier molecular flexibility index (Phi) is 8.34. The van der Waals surface area contributed by atoms with Crippen molar-refractivity contribution in [1.29, 1.82) is 0 Å². The van der Waals surface area contributed by atoms with Gasteiger partial charge in [-0.1, -0.05) is 32.0 Å². The molecule has 2 rings (SSSR count). The third kappa shape index (κ3) is 6.01. The standard InChI is InChI=1S/C22H28N2O4/c1-4-13-24(14-5-2)22(26)17-9-8-10-18(15-17)23-21(25)16-28-20-12-7-6-11-19(20)27-3/h6-12,15H,4-5,13-14,16H2,1-3H3,(H,23,25). The van der Waals surface area contributed by atoms with Gasteiger partial charge in [0, 0.05) is 24.3 Å². The van der Waals surface area contributed by atoms with Gasteiger partial charge in [0.25, 0.3) is 11.8 Å². The van der Waals surface area contributed by atoms with Gasteiger partial charge in [0.2, 0.25) is 0 Å². The number of para-hydroxylation sites is 2. The van der Waals surface area contributed by atoms with Gasteiger partial charge < -0.3 is 19.7 Å². The van der Waals surface area contributed by atoms with Gasteiger partial charge in [-0.3, -0.25) is 9.59 Å². The van der Waals surface area contributed by atoms with Crippen LogP contribution in [0.15, 0.2) is 48.5 Å². The summed E-state index contributed by atoms with van der Waals surface area (Å²) in [7, 11) is 1.55. The van der Waals surface area contributed by atoms with E-state index in [1.807, 2.05) is 30.9 Å². The second-order valence-corrected chi connectivity index (χ2v) is 6.36.